The van der Waals surface area contributed by atoms with Gasteiger partial charge in [0.2, 0.25) is 0 Å². The topological polar surface area (TPSA) is 33.1 Å². The van der Waals surface area contributed by atoms with E-state index in [0.29, 0.717) is 5.01 Å². The second-order valence-corrected chi connectivity index (χ2v) is 2.78. The van der Waals surface area contributed by atoms with Gasteiger partial charge in [0.15, 0.2) is 0 Å². The van der Waals surface area contributed by atoms with Crippen molar-refractivity contribution in [3.05, 3.63) is 16.6 Å². The molecule has 1 N–H and O–H groups in total. The normalized spacial score (nSPS) is 13.6. The Kier molecular flexibility index (Phi) is 2.45. The van der Waals surface area contributed by atoms with Crippen LogP contribution >= 0.6 is 22.9 Å². The molecule has 1 rings (SSSR count). The number of nitrogens with zero attached hydrogens (tertiary/aromatic N) is 1. The lowest BCUT2D eigenvalue weighted by atomic mass is 10.4. The van der Waals surface area contributed by atoms with Crippen molar-refractivity contribution < 1.29 is 5.11 Å². The molecule has 0 aliphatic heterocycles. The maximum absolute atomic E-state index is 9.03. The summed E-state index contributed by atoms with van der Waals surface area (Å²) in [6, 6.07) is 0. The summed E-state index contributed by atoms with van der Waals surface area (Å²) >= 11 is 6.77. The molecule has 1 aromatic rings. The summed E-state index contributed by atoms with van der Waals surface area (Å²) in [5.74, 6) is 0.216. The van der Waals surface area contributed by atoms with Gasteiger partial charge in [0, 0.05) is 11.6 Å². The highest BCUT2D eigenvalue weighted by atomic mass is 35.5. The van der Waals surface area contributed by atoms with Gasteiger partial charge in [0.25, 0.3) is 0 Å². The summed E-state index contributed by atoms with van der Waals surface area (Å²) in [7, 11) is 0. The number of hydrogen-bond donors (Lipinski definition) is 1. The summed E-state index contributed by atoms with van der Waals surface area (Å²) in [4.78, 5) is 3.87. The molecule has 1 heterocycles. The van der Waals surface area contributed by atoms with Gasteiger partial charge in [0.05, 0.1) is 5.88 Å². The minimum Gasteiger partial charge on any atom is -0.385 e. The largest absolute Gasteiger partial charge is 0.385 e. The van der Waals surface area contributed by atoms with Crippen molar-refractivity contribution in [2.24, 2.45) is 0 Å². The smallest absolute Gasteiger partial charge is 0.122 e. The van der Waals surface area contributed by atoms with Crippen LogP contribution in [0.1, 0.15) is 11.1 Å². The molecule has 0 amide bonds. The minimum absolute atomic E-state index is 0.216. The van der Waals surface area contributed by atoms with E-state index in [0.717, 1.165) is 0 Å². The van der Waals surface area contributed by atoms with Gasteiger partial charge in [-0.1, -0.05) is 0 Å². The first-order valence-electron chi connectivity index (χ1n) is 2.48. The maximum Gasteiger partial charge on any atom is 0.122 e. The lowest BCUT2D eigenvalue weighted by molar-refractivity contribution is 0.202. The maximum atomic E-state index is 9.03. The number of aromatic nitrogens is 1. The molecule has 2 nitrogen and oxygen atoms in total. The molecular formula is C5H6ClNOS. The first-order chi connectivity index (χ1) is 4.34. The van der Waals surface area contributed by atoms with E-state index >= 15 is 0 Å². The van der Waals surface area contributed by atoms with E-state index in [1.54, 1.807) is 6.20 Å². The molecule has 0 spiro atoms. The number of thiazole rings is 1. The number of alkyl halides is 1. The summed E-state index contributed by atoms with van der Waals surface area (Å²) in [5, 5.41) is 11.5. The van der Waals surface area contributed by atoms with Crippen LogP contribution in [0.4, 0.5) is 0 Å². The van der Waals surface area contributed by atoms with Gasteiger partial charge < -0.3 is 5.11 Å². The molecule has 0 fully saturated rings. The monoisotopic (exact) mass is 163 g/mol. The van der Waals surface area contributed by atoms with Crippen LogP contribution in [0.2, 0.25) is 0 Å². The van der Waals surface area contributed by atoms with Gasteiger partial charge in [-0.25, -0.2) is 4.98 Å². The third-order valence-electron chi connectivity index (χ3n) is 0.883. The van der Waals surface area contributed by atoms with E-state index in [9.17, 15) is 0 Å². The van der Waals surface area contributed by atoms with Crippen molar-refractivity contribution in [3.8, 4) is 0 Å². The Hall–Kier alpha value is -0.120. The summed E-state index contributed by atoms with van der Waals surface area (Å²) in [6.45, 7) is 0. The zero-order valence-corrected chi connectivity index (χ0v) is 6.19. The van der Waals surface area contributed by atoms with E-state index < -0.39 is 6.10 Å². The molecule has 0 aliphatic carbocycles. The van der Waals surface area contributed by atoms with E-state index in [1.165, 1.54) is 11.3 Å². The van der Waals surface area contributed by atoms with Crippen LogP contribution in [-0.4, -0.2) is 16.0 Å². The Morgan fingerprint density at radius 2 is 2.67 bits per heavy atom. The van der Waals surface area contributed by atoms with Crippen LogP contribution in [-0.2, 0) is 0 Å². The Morgan fingerprint density at radius 1 is 1.89 bits per heavy atom. The molecule has 1 aromatic heterocycles. The number of halogens is 1. The van der Waals surface area contributed by atoms with Gasteiger partial charge in [-0.05, 0) is 0 Å². The van der Waals surface area contributed by atoms with Crippen molar-refractivity contribution in [2.75, 3.05) is 5.88 Å². The second-order valence-electron chi connectivity index (χ2n) is 1.54. The molecule has 1 atom stereocenters. The molecule has 50 valence electrons. The molecule has 0 aliphatic rings. The van der Waals surface area contributed by atoms with Gasteiger partial charge in [0.1, 0.15) is 11.1 Å². The standard InChI is InChI=1S/C5H6ClNOS/c6-3-4(8)5-7-1-2-9-5/h1-2,4,8H,3H2/t4-/m0/s1. The van der Waals surface area contributed by atoms with E-state index in [-0.39, 0.29) is 5.88 Å². The summed E-state index contributed by atoms with van der Waals surface area (Å²) in [6.07, 6.45) is 1.06. The number of hydrogen-bond acceptors (Lipinski definition) is 3. The summed E-state index contributed by atoms with van der Waals surface area (Å²) in [5.41, 5.74) is 0. The van der Waals surface area contributed by atoms with Gasteiger partial charge >= 0.3 is 0 Å². The molecule has 0 unspecified atom stereocenters. The third-order valence-corrected chi connectivity index (χ3v) is 2.05. The molecule has 0 bridgehead atoms. The Labute approximate surface area is 62.1 Å². The van der Waals surface area contributed by atoms with Crippen molar-refractivity contribution in [1.29, 1.82) is 0 Å². The van der Waals surface area contributed by atoms with E-state index in [2.05, 4.69) is 4.98 Å². The minimum atomic E-state index is -0.591. The average Bonchev–Trinajstić information content (AvgIpc) is 2.37. The SMILES string of the molecule is O[C@@H](CCl)c1nccs1. The zero-order valence-electron chi connectivity index (χ0n) is 4.62. The predicted octanol–water partition coefficient (Wildman–Crippen LogP) is 1.42. The third kappa shape index (κ3) is 1.64. The Bertz CT molecular complexity index is 165. The molecular weight excluding hydrogens is 158 g/mol. The van der Waals surface area contributed by atoms with E-state index in [4.69, 9.17) is 16.7 Å². The molecule has 0 aromatic carbocycles. The highest BCUT2D eigenvalue weighted by Crippen LogP contribution is 2.15. The van der Waals surface area contributed by atoms with Crippen molar-refractivity contribution >= 4 is 22.9 Å². The van der Waals surface area contributed by atoms with Gasteiger partial charge in [-0.15, -0.1) is 22.9 Å². The number of rotatable bonds is 2. The zero-order chi connectivity index (χ0) is 6.69. The Balaban J connectivity index is 2.65. The lowest BCUT2D eigenvalue weighted by Gasteiger charge is -1.98. The van der Waals surface area contributed by atoms with Gasteiger partial charge in [-0.2, -0.15) is 0 Å². The molecule has 0 radical (unpaired) electrons. The summed E-state index contributed by atoms with van der Waals surface area (Å²) < 4.78 is 0. The second kappa shape index (κ2) is 3.15. The van der Waals surface area contributed by atoms with E-state index in [1.807, 2.05) is 5.38 Å². The van der Waals surface area contributed by atoms with Crippen molar-refractivity contribution in [3.63, 3.8) is 0 Å². The van der Waals surface area contributed by atoms with Crippen LogP contribution in [0.5, 0.6) is 0 Å². The average molecular weight is 164 g/mol. The number of aliphatic hydroxyl groups is 1. The molecule has 0 saturated heterocycles. The number of aliphatic hydroxyl groups excluding tert-OH is 1. The fourth-order valence-electron chi connectivity index (χ4n) is 0.465. The first kappa shape index (κ1) is 6.99. The quantitative estimate of drug-likeness (QED) is 0.669. The van der Waals surface area contributed by atoms with Crippen LogP contribution in [0.15, 0.2) is 11.6 Å². The van der Waals surface area contributed by atoms with Gasteiger partial charge in [-0.3, -0.25) is 0 Å². The predicted molar refractivity (Wildman–Crippen MR) is 37.8 cm³/mol. The van der Waals surface area contributed by atoms with Crippen LogP contribution in [0, 0.1) is 0 Å². The fraction of sp³-hybridized carbons (Fsp3) is 0.400. The van der Waals surface area contributed by atoms with Crippen LogP contribution < -0.4 is 0 Å². The highest BCUT2D eigenvalue weighted by molar-refractivity contribution is 7.09. The molecule has 0 saturated carbocycles. The Morgan fingerprint density at radius 3 is 3.11 bits per heavy atom. The first-order valence-corrected chi connectivity index (χ1v) is 3.89. The molecule has 4 heteroatoms. The molecule has 9 heavy (non-hydrogen) atoms. The van der Waals surface area contributed by atoms with Crippen LogP contribution in [0.3, 0.4) is 0 Å². The van der Waals surface area contributed by atoms with Crippen LogP contribution in [0.25, 0.3) is 0 Å². The highest BCUT2D eigenvalue weighted by Gasteiger charge is 2.06. The lowest BCUT2D eigenvalue weighted by Crippen LogP contribution is -1.96. The fourth-order valence-corrected chi connectivity index (χ4v) is 1.33. The van der Waals surface area contributed by atoms with Crippen molar-refractivity contribution in [2.45, 2.75) is 6.10 Å². The van der Waals surface area contributed by atoms with Crippen molar-refractivity contribution in [1.82, 2.24) is 4.98 Å².